The van der Waals surface area contributed by atoms with Crippen molar-refractivity contribution in [2.75, 3.05) is 0 Å². The molecule has 2 rings (SSSR count). The fraction of sp³-hybridized carbons (Fsp3) is 0.286. The average Bonchev–Trinajstić information content (AvgIpc) is 2.37. The van der Waals surface area contributed by atoms with E-state index in [-0.39, 0.29) is 17.5 Å². The lowest BCUT2D eigenvalue weighted by molar-refractivity contribution is 0.0941. The first-order chi connectivity index (χ1) is 8.61. The number of aromatic amines is 1. The van der Waals surface area contributed by atoms with Gasteiger partial charge in [0.15, 0.2) is 0 Å². The molecular weight excluding hydrogens is 228 g/mol. The van der Waals surface area contributed by atoms with Gasteiger partial charge < -0.3 is 10.3 Å². The molecule has 1 atom stereocenters. The van der Waals surface area contributed by atoms with Crippen LogP contribution in [0.4, 0.5) is 0 Å². The summed E-state index contributed by atoms with van der Waals surface area (Å²) in [7, 11) is 0. The fourth-order valence-electron chi connectivity index (χ4n) is 1.80. The van der Waals surface area contributed by atoms with E-state index in [1.807, 2.05) is 32.0 Å². The molecule has 0 bridgehead atoms. The number of carbonyl (C=O) groups is 1. The summed E-state index contributed by atoms with van der Waals surface area (Å²) >= 11 is 0. The molecular formula is C14H16N2O2. The van der Waals surface area contributed by atoms with Gasteiger partial charge in [-0.2, -0.15) is 0 Å². The van der Waals surface area contributed by atoms with E-state index in [0.29, 0.717) is 11.1 Å². The second-order valence-corrected chi connectivity index (χ2v) is 4.38. The number of carbonyl (C=O) groups excluding carboxylic acids is 1. The zero-order valence-electron chi connectivity index (χ0n) is 10.5. The van der Waals surface area contributed by atoms with Crippen LogP contribution in [0.15, 0.2) is 35.1 Å². The largest absolute Gasteiger partial charge is 0.350 e. The van der Waals surface area contributed by atoms with E-state index < -0.39 is 0 Å². The number of para-hydroxylation sites is 1. The fourth-order valence-corrected chi connectivity index (χ4v) is 1.80. The van der Waals surface area contributed by atoms with E-state index in [0.717, 1.165) is 11.8 Å². The number of hydrogen-bond acceptors (Lipinski definition) is 2. The number of aromatic nitrogens is 1. The topological polar surface area (TPSA) is 62.0 Å². The summed E-state index contributed by atoms with van der Waals surface area (Å²) in [5, 5.41) is 3.64. The zero-order valence-corrected chi connectivity index (χ0v) is 10.5. The van der Waals surface area contributed by atoms with Crippen molar-refractivity contribution >= 4 is 16.8 Å². The molecule has 0 fully saturated rings. The molecule has 1 amide bonds. The maximum atomic E-state index is 12.1. The molecule has 94 valence electrons. The van der Waals surface area contributed by atoms with Crippen LogP contribution in [0, 0.1) is 0 Å². The van der Waals surface area contributed by atoms with Gasteiger partial charge in [-0.05, 0) is 19.4 Å². The van der Waals surface area contributed by atoms with Gasteiger partial charge in [0.05, 0.1) is 5.56 Å². The summed E-state index contributed by atoms with van der Waals surface area (Å²) in [6.45, 7) is 3.94. The molecule has 4 nitrogen and oxygen atoms in total. The smallest absolute Gasteiger partial charge is 0.252 e. The Balaban J connectivity index is 2.50. The molecule has 1 heterocycles. The Morgan fingerprint density at radius 1 is 1.39 bits per heavy atom. The molecule has 0 saturated heterocycles. The Bertz CT molecular complexity index is 631. The molecule has 0 aliphatic carbocycles. The van der Waals surface area contributed by atoms with Gasteiger partial charge in [0, 0.05) is 23.0 Å². The SMILES string of the molecule is CC[C@H](C)NC(=O)c1cc(=O)[nH]c2ccccc12. The second kappa shape index (κ2) is 5.04. The molecule has 0 aliphatic heterocycles. The van der Waals surface area contributed by atoms with Crippen LogP contribution in [0.25, 0.3) is 10.9 Å². The molecule has 1 aromatic heterocycles. The average molecular weight is 244 g/mol. The molecule has 18 heavy (non-hydrogen) atoms. The third-order valence-electron chi connectivity index (χ3n) is 2.99. The lowest BCUT2D eigenvalue weighted by Gasteiger charge is -2.12. The van der Waals surface area contributed by atoms with Crippen LogP contribution >= 0.6 is 0 Å². The van der Waals surface area contributed by atoms with Crippen molar-refractivity contribution in [1.82, 2.24) is 10.3 Å². The Kier molecular flexibility index (Phi) is 3.46. The van der Waals surface area contributed by atoms with Crippen molar-refractivity contribution in [3.05, 3.63) is 46.2 Å². The van der Waals surface area contributed by atoms with E-state index in [1.54, 1.807) is 6.07 Å². The standard InChI is InChI=1S/C14H16N2O2/c1-3-9(2)15-14(18)11-8-13(17)16-12-7-5-4-6-10(11)12/h4-9H,3H2,1-2H3,(H,15,18)(H,16,17)/t9-/m0/s1. The molecule has 2 N–H and O–H groups in total. The predicted octanol–water partition coefficient (Wildman–Crippen LogP) is 2.06. The monoisotopic (exact) mass is 244 g/mol. The zero-order chi connectivity index (χ0) is 13.1. The molecule has 0 radical (unpaired) electrons. The number of hydrogen-bond donors (Lipinski definition) is 2. The minimum Gasteiger partial charge on any atom is -0.350 e. The van der Waals surface area contributed by atoms with Gasteiger partial charge >= 0.3 is 0 Å². The maximum absolute atomic E-state index is 12.1. The number of pyridine rings is 1. The summed E-state index contributed by atoms with van der Waals surface area (Å²) in [6, 6.07) is 8.73. The van der Waals surface area contributed by atoms with Crippen LogP contribution in [-0.4, -0.2) is 16.9 Å². The van der Waals surface area contributed by atoms with Gasteiger partial charge in [0.1, 0.15) is 0 Å². The van der Waals surface area contributed by atoms with Crippen molar-refractivity contribution < 1.29 is 4.79 Å². The highest BCUT2D eigenvalue weighted by molar-refractivity contribution is 6.06. The molecule has 1 aromatic carbocycles. The number of H-pyrrole nitrogens is 1. The first-order valence-corrected chi connectivity index (χ1v) is 6.04. The number of benzene rings is 1. The lowest BCUT2D eigenvalue weighted by atomic mass is 10.1. The molecule has 0 spiro atoms. The van der Waals surface area contributed by atoms with Gasteiger partial charge in [0.25, 0.3) is 5.91 Å². The van der Waals surface area contributed by atoms with Gasteiger partial charge in [-0.3, -0.25) is 9.59 Å². The summed E-state index contributed by atoms with van der Waals surface area (Å²) in [5.41, 5.74) is 0.844. The molecule has 0 aliphatic rings. The van der Waals surface area contributed by atoms with Gasteiger partial charge in [-0.1, -0.05) is 25.1 Å². The van der Waals surface area contributed by atoms with E-state index >= 15 is 0 Å². The van der Waals surface area contributed by atoms with Crippen LogP contribution in [0.5, 0.6) is 0 Å². The van der Waals surface area contributed by atoms with E-state index in [2.05, 4.69) is 10.3 Å². The van der Waals surface area contributed by atoms with Gasteiger partial charge in [0.2, 0.25) is 5.56 Å². The Hall–Kier alpha value is -2.10. The minimum atomic E-state index is -0.261. The normalized spacial score (nSPS) is 12.3. The number of fused-ring (bicyclic) bond motifs is 1. The predicted molar refractivity (Wildman–Crippen MR) is 71.8 cm³/mol. The number of amides is 1. The second-order valence-electron chi connectivity index (χ2n) is 4.38. The quantitative estimate of drug-likeness (QED) is 0.868. The van der Waals surface area contributed by atoms with Crippen molar-refractivity contribution in [2.24, 2.45) is 0 Å². The van der Waals surface area contributed by atoms with Crippen LogP contribution < -0.4 is 10.9 Å². The Morgan fingerprint density at radius 2 is 2.11 bits per heavy atom. The Labute approximate surface area is 105 Å². The maximum Gasteiger partial charge on any atom is 0.252 e. The highest BCUT2D eigenvalue weighted by Crippen LogP contribution is 2.14. The first kappa shape index (κ1) is 12.4. The third kappa shape index (κ3) is 2.42. The van der Waals surface area contributed by atoms with E-state index in [9.17, 15) is 9.59 Å². The molecule has 0 saturated carbocycles. The first-order valence-electron chi connectivity index (χ1n) is 6.04. The lowest BCUT2D eigenvalue weighted by Crippen LogP contribution is -2.32. The molecule has 0 unspecified atom stereocenters. The summed E-state index contributed by atoms with van der Waals surface area (Å²) < 4.78 is 0. The highest BCUT2D eigenvalue weighted by atomic mass is 16.2. The van der Waals surface area contributed by atoms with Gasteiger partial charge in [-0.15, -0.1) is 0 Å². The summed E-state index contributed by atoms with van der Waals surface area (Å²) in [5.74, 6) is -0.202. The number of nitrogens with one attached hydrogen (secondary N) is 2. The number of rotatable bonds is 3. The van der Waals surface area contributed by atoms with Crippen molar-refractivity contribution in [2.45, 2.75) is 26.3 Å². The third-order valence-corrected chi connectivity index (χ3v) is 2.99. The highest BCUT2D eigenvalue weighted by Gasteiger charge is 2.12. The Morgan fingerprint density at radius 3 is 2.83 bits per heavy atom. The molecule has 4 heteroatoms. The minimum absolute atomic E-state index is 0.0931. The van der Waals surface area contributed by atoms with Crippen LogP contribution in [-0.2, 0) is 0 Å². The van der Waals surface area contributed by atoms with E-state index in [4.69, 9.17) is 0 Å². The molecule has 2 aromatic rings. The van der Waals surface area contributed by atoms with Crippen LogP contribution in [0.2, 0.25) is 0 Å². The van der Waals surface area contributed by atoms with Crippen LogP contribution in [0.1, 0.15) is 30.6 Å². The van der Waals surface area contributed by atoms with E-state index in [1.165, 1.54) is 6.07 Å². The van der Waals surface area contributed by atoms with Crippen molar-refractivity contribution in [3.63, 3.8) is 0 Å². The van der Waals surface area contributed by atoms with Crippen molar-refractivity contribution in [3.8, 4) is 0 Å². The van der Waals surface area contributed by atoms with Crippen molar-refractivity contribution in [1.29, 1.82) is 0 Å². The summed E-state index contributed by atoms with van der Waals surface area (Å²) in [4.78, 5) is 26.4. The van der Waals surface area contributed by atoms with Gasteiger partial charge in [-0.25, -0.2) is 0 Å². The summed E-state index contributed by atoms with van der Waals surface area (Å²) in [6.07, 6.45) is 0.854. The van der Waals surface area contributed by atoms with Crippen LogP contribution in [0.3, 0.4) is 0 Å².